The summed E-state index contributed by atoms with van der Waals surface area (Å²) in [5.74, 6) is -0.247. The largest absolute Gasteiger partial charge is 0.371 e. The van der Waals surface area contributed by atoms with E-state index in [1.165, 1.54) is 12.1 Å². The van der Waals surface area contributed by atoms with Crippen molar-refractivity contribution in [2.24, 2.45) is 0 Å². The molecule has 2 N–H and O–H groups in total. The lowest BCUT2D eigenvalue weighted by molar-refractivity contribution is -0.384. The summed E-state index contributed by atoms with van der Waals surface area (Å²) in [6.07, 6.45) is 1.64. The maximum absolute atomic E-state index is 12.6. The zero-order chi connectivity index (χ0) is 21.3. The zero-order valence-corrected chi connectivity index (χ0v) is 16.6. The SMILES string of the molecule is Cc1ccc(NC(=O)N2NC3(CCN(c4ccc([N+](=O)[O-])cc4)CC3)CC2=O)cc1. The third-order valence-electron chi connectivity index (χ3n) is 5.74. The number of urea groups is 1. The number of nitro groups is 1. The van der Waals surface area contributed by atoms with Crippen LogP contribution in [0.4, 0.5) is 21.9 Å². The van der Waals surface area contributed by atoms with E-state index in [0.717, 1.165) is 16.3 Å². The molecule has 2 saturated heterocycles. The van der Waals surface area contributed by atoms with Crippen molar-refractivity contribution in [1.82, 2.24) is 10.4 Å². The van der Waals surface area contributed by atoms with Crippen LogP contribution < -0.4 is 15.6 Å². The average Bonchev–Trinajstić information content (AvgIpc) is 3.06. The lowest BCUT2D eigenvalue weighted by Crippen LogP contribution is -2.55. The van der Waals surface area contributed by atoms with Gasteiger partial charge in [-0.05, 0) is 44.0 Å². The number of imide groups is 1. The number of hydrazine groups is 1. The van der Waals surface area contributed by atoms with Crippen molar-refractivity contribution in [3.05, 3.63) is 64.2 Å². The zero-order valence-electron chi connectivity index (χ0n) is 16.6. The molecule has 2 aliphatic heterocycles. The van der Waals surface area contributed by atoms with Crippen LogP contribution in [0.25, 0.3) is 0 Å². The minimum atomic E-state index is -0.487. The highest BCUT2D eigenvalue weighted by Gasteiger charge is 2.47. The number of aryl methyl sites for hydroxylation is 1. The summed E-state index contributed by atoms with van der Waals surface area (Å²) in [7, 11) is 0. The van der Waals surface area contributed by atoms with E-state index in [4.69, 9.17) is 0 Å². The van der Waals surface area contributed by atoms with Crippen molar-refractivity contribution in [3.63, 3.8) is 0 Å². The molecular formula is C21H23N5O4. The molecule has 2 aromatic carbocycles. The van der Waals surface area contributed by atoms with Crippen LogP contribution in [0.2, 0.25) is 0 Å². The summed E-state index contributed by atoms with van der Waals surface area (Å²) < 4.78 is 0. The third kappa shape index (κ3) is 3.97. The van der Waals surface area contributed by atoms with Gasteiger partial charge in [-0.3, -0.25) is 14.9 Å². The van der Waals surface area contributed by atoms with Crippen LogP contribution in [0.15, 0.2) is 48.5 Å². The Bertz CT molecular complexity index is 966. The van der Waals surface area contributed by atoms with E-state index in [9.17, 15) is 19.7 Å². The van der Waals surface area contributed by atoms with Crippen LogP contribution in [-0.4, -0.2) is 40.5 Å². The number of hydrogen-bond acceptors (Lipinski definition) is 6. The van der Waals surface area contributed by atoms with Gasteiger partial charge in [0.05, 0.1) is 10.5 Å². The summed E-state index contributed by atoms with van der Waals surface area (Å²) >= 11 is 0. The molecule has 156 valence electrons. The third-order valence-corrected chi connectivity index (χ3v) is 5.74. The average molecular weight is 409 g/mol. The molecule has 0 radical (unpaired) electrons. The molecule has 0 aliphatic carbocycles. The van der Waals surface area contributed by atoms with Gasteiger partial charge in [0.25, 0.3) is 5.69 Å². The van der Waals surface area contributed by atoms with E-state index in [1.807, 2.05) is 19.1 Å². The molecule has 9 nitrogen and oxygen atoms in total. The number of nitro benzene ring substituents is 1. The van der Waals surface area contributed by atoms with Crippen molar-refractivity contribution < 1.29 is 14.5 Å². The fourth-order valence-corrected chi connectivity index (χ4v) is 3.95. The van der Waals surface area contributed by atoms with Gasteiger partial charge in [-0.25, -0.2) is 10.2 Å². The molecule has 2 aliphatic rings. The second-order valence-corrected chi connectivity index (χ2v) is 7.85. The van der Waals surface area contributed by atoms with Crippen molar-refractivity contribution in [1.29, 1.82) is 0 Å². The Morgan fingerprint density at radius 2 is 1.73 bits per heavy atom. The minimum absolute atomic E-state index is 0.0607. The molecule has 0 atom stereocenters. The van der Waals surface area contributed by atoms with Gasteiger partial charge in [0.1, 0.15) is 0 Å². The molecule has 3 amide bonds. The van der Waals surface area contributed by atoms with Crippen molar-refractivity contribution in [2.45, 2.75) is 31.7 Å². The molecule has 2 heterocycles. The van der Waals surface area contributed by atoms with Gasteiger partial charge >= 0.3 is 6.03 Å². The predicted octanol–water partition coefficient (Wildman–Crippen LogP) is 3.21. The number of carbonyl (C=O) groups is 2. The fourth-order valence-electron chi connectivity index (χ4n) is 3.95. The van der Waals surface area contributed by atoms with Gasteiger partial charge in [0.15, 0.2) is 0 Å². The Balaban J connectivity index is 1.37. The highest BCUT2D eigenvalue weighted by molar-refractivity contribution is 6.02. The molecule has 2 fully saturated rings. The van der Waals surface area contributed by atoms with E-state index in [0.29, 0.717) is 31.6 Å². The highest BCUT2D eigenvalue weighted by Crippen LogP contribution is 2.33. The van der Waals surface area contributed by atoms with Crippen LogP contribution in [0.1, 0.15) is 24.8 Å². The number of anilines is 2. The van der Waals surface area contributed by atoms with E-state index >= 15 is 0 Å². The Kier molecular flexibility index (Phi) is 5.13. The molecule has 0 aromatic heterocycles. The van der Waals surface area contributed by atoms with Crippen LogP contribution >= 0.6 is 0 Å². The van der Waals surface area contributed by atoms with Gasteiger partial charge < -0.3 is 10.2 Å². The number of benzene rings is 2. The van der Waals surface area contributed by atoms with Crippen LogP contribution in [0.5, 0.6) is 0 Å². The monoisotopic (exact) mass is 409 g/mol. The number of nitrogens with one attached hydrogen (secondary N) is 2. The molecule has 0 bridgehead atoms. The first kappa shape index (κ1) is 19.8. The standard InChI is InChI=1S/C21H23N5O4/c1-15-2-4-16(5-3-15)22-20(28)25-19(27)14-21(23-25)10-12-24(13-11-21)17-6-8-18(9-7-17)26(29)30/h2-9,23H,10-14H2,1H3,(H,22,28). The molecule has 30 heavy (non-hydrogen) atoms. The molecule has 1 spiro atoms. The van der Waals surface area contributed by atoms with Crippen LogP contribution in [-0.2, 0) is 4.79 Å². The number of hydrogen-bond donors (Lipinski definition) is 2. The summed E-state index contributed by atoms with van der Waals surface area (Å²) in [5.41, 5.74) is 5.38. The number of piperidine rings is 1. The number of amides is 3. The van der Waals surface area contributed by atoms with Gasteiger partial charge in [-0.2, -0.15) is 5.01 Å². The lowest BCUT2D eigenvalue weighted by atomic mass is 9.86. The second-order valence-electron chi connectivity index (χ2n) is 7.85. The van der Waals surface area contributed by atoms with Crippen LogP contribution in [0, 0.1) is 17.0 Å². The van der Waals surface area contributed by atoms with Gasteiger partial charge in [0.2, 0.25) is 5.91 Å². The minimum Gasteiger partial charge on any atom is -0.371 e. The summed E-state index contributed by atoms with van der Waals surface area (Å²) in [5, 5.41) is 14.7. The first-order valence-electron chi connectivity index (χ1n) is 9.83. The molecule has 4 rings (SSSR count). The normalized spacial score (nSPS) is 18.0. The summed E-state index contributed by atoms with van der Waals surface area (Å²) in [6.45, 7) is 3.33. The number of rotatable bonds is 3. The number of nitrogens with zero attached hydrogens (tertiary/aromatic N) is 3. The number of carbonyl (C=O) groups excluding carboxylic acids is 2. The number of non-ortho nitro benzene ring substituents is 1. The van der Waals surface area contributed by atoms with E-state index < -0.39 is 16.5 Å². The lowest BCUT2D eigenvalue weighted by Gasteiger charge is -2.40. The molecule has 0 saturated carbocycles. The van der Waals surface area contributed by atoms with Gasteiger partial charge in [-0.15, -0.1) is 0 Å². The maximum Gasteiger partial charge on any atom is 0.343 e. The quantitative estimate of drug-likeness (QED) is 0.595. The summed E-state index contributed by atoms with van der Waals surface area (Å²) in [4.78, 5) is 37.6. The highest BCUT2D eigenvalue weighted by atomic mass is 16.6. The molecule has 9 heteroatoms. The van der Waals surface area contributed by atoms with E-state index in [-0.39, 0.29) is 18.0 Å². The smallest absolute Gasteiger partial charge is 0.343 e. The van der Waals surface area contributed by atoms with E-state index in [2.05, 4.69) is 15.6 Å². The van der Waals surface area contributed by atoms with Crippen LogP contribution in [0.3, 0.4) is 0 Å². The van der Waals surface area contributed by atoms with Gasteiger partial charge in [-0.1, -0.05) is 17.7 Å². The molecule has 2 aromatic rings. The first-order valence-corrected chi connectivity index (χ1v) is 9.83. The van der Waals surface area contributed by atoms with Crippen molar-refractivity contribution in [3.8, 4) is 0 Å². The van der Waals surface area contributed by atoms with E-state index in [1.54, 1.807) is 24.3 Å². The maximum atomic E-state index is 12.6. The van der Waals surface area contributed by atoms with Crippen molar-refractivity contribution in [2.75, 3.05) is 23.3 Å². The summed E-state index contributed by atoms with van der Waals surface area (Å²) in [6, 6.07) is 13.4. The predicted molar refractivity (Wildman–Crippen MR) is 112 cm³/mol. The second kappa shape index (κ2) is 7.75. The van der Waals surface area contributed by atoms with Crippen molar-refractivity contribution >= 4 is 29.0 Å². The fraction of sp³-hybridized carbons (Fsp3) is 0.333. The Hall–Kier alpha value is -3.46. The Labute approximate surface area is 173 Å². The Morgan fingerprint density at radius 3 is 2.33 bits per heavy atom. The molecular weight excluding hydrogens is 386 g/mol. The Morgan fingerprint density at radius 1 is 1.10 bits per heavy atom. The topological polar surface area (TPSA) is 108 Å². The first-order chi connectivity index (χ1) is 14.3. The van der Waals surface area contributed by atoms with Gasteiger partial charge in [0, 0.05) is 43.0 Å². The molecule has 0 unspecified atom stereocenters.